The molecular weight excluding hydrogens is 366 g/mol. The maximum atomic E-state index is 12.8. The van der Waals surface area contributed by atoms with Gasteiger partial charge in [-0.2, -0.15) is 0 Å². The Morgan fingerprint density at radius 2 is 1.85 bits per heavy atom. The summed E-state index contributed by atoms with van der Waals surface area (Å²) in [5, 5.41) is 0.735. The molecule has 2 aromatic carbocycles. The van der Waals surface area contributed by atoms with Gasteiger partial charge in [-0.05, 0) is 68.7 Å². The quantitative estimate of drug-likeness (QED) is 0.597. The first-order chi connectivity index (χ1) is 12.7. The van der Waals surface area contributed by atoms with Crippen molar-refractivity contribution in [2.45, 2.75) is 36.8 Å². The zero-order chi connectivity index (χ0) is 18.4. The number of benzene rings is 2. The molecule has 0 aromatic heterocycles. The summed E-state index contributed by atoms with van der Waals surface area (Å²) >= 11 is 7.67. The Labute approximate surface area is 164 Å². The number of carbonyl (C=O) groups excluding carboxylic acids is 1. The molecule has 1 heterocycles. The minimum atomic E-state index is 0.130. The van der Waals surface area contributed by atoms with E-state index in [1.165, 1.54) is 6.42 Å². The van der Waals surface area contributed by atoms with Gasteiger partial charge < -0.3 is 9.64 Å². The van der Waals surface area contributed by atoms with Gasteiger partial charge in [-0.15, -0.1) is 11.8 Å². The molecule has 26 heavy (non-hydrogen) atoms. The van der Waals surface area contributed by atoms with E-state index in [1.54, 1.807) is 11.8 Å². The third kappa shape index (κ3) is 4.95. The largest absolute Gasteiger partial charge is 0.494 e. The molecular formula is C21H24ClNO2S. The molecule has 1 aliphatic heterocycles. The van der Waals surface area contributed by atoms with E-state index < -0.39 is 0 Å². The summed E-state index contributed by atoms with van der Waals surface area (Å²) in [5.41, 5.74) is 1.80. The Kier molecular flexibility index (Phi) is 6.86. The number of ether oxygens (including phenoxy) is 1. The Morgan fingerprint density at radius 1 is 1.12 bits per heavy atom. The molecule has 0 radical (unpaired) electrons. The molecule has 1 fully saturated rings. The molecule has 0 saturated carbocycles. The van der Waals surface area contributed by atoms with Crippen LogP contribution in [0.2, 0.25) is 5.02 Å². The fraction of sp³-hybridized carbons (Fsp3) is 0.381. The molecule has 2 aromatic rings. The van der Waals surface area contributed by atoms with E-state index in [0.717, 1.165) is 58.5 Å². The van der Waals surface area contributed by atoms with Gasteiger partial charge in [-0.3, -0.25) is 4.79 Å². The highest BCUT2D eigenvalue weighted by molar-refractivity contribution is 7.98. The van der Waals surface area contributed by atoms with Crippen LogP contribution in [0.25, 0.3) is 0 Å². The normalized spacial score (nSPS) is 14.3. The number of hydrogen-bond donors (Lipinski definition) is 0. The molecule has 0 atom stereocenters. The number of rotatable bonds is 6. The monoisotopic (exact) mass is 389 g/mol. The Hall–Kier alpha value is -1.65. The van der Waals surface area contributed by atoms with Crippen molar-refractivity contribution in [3.63, 3.8) is 0 Å². The average molecular weight is 390 g/mol. The third-order valence-corrected chi connectivity index (χ3v) is 5.77. The highest BCUT2D eigenvalue weighted by Crippen LogP contribution is 2.30. The fourth-order valence-electron chi connectivity index (χ4n) is 3.09. The lowest BCUT2D eigenvalue weighted by molar-refractivity contribution is 0.0724. The summed E-state index contributed by atoms with van der Waals surface area (Å²) in [4.78, 5) is 15.9. The van der Waals surface area contributed by atoms with Crippen LogP contribution in [0.3, 0.4) is 0 Å². The van der Waals surface area contributed by atoms with E-state index in [0.29, 0.717) is 6.61 Å². The maximum Gasteiger partial charge on any atom is 0.253 e. The highest BCUT2D eigenvalue weighted by Gasteiger charge is 2.19. The molecule has 1 aliphatic rings. The standard InChI is InChI=1S/C21H24ClNO2S/c1-2-25-20-11-6-16(21(24)23-12-4-3-5-13-23)14-17(20)15-26-19-9-7-18(22)8-10-19/h6-11,14H,2-5,12-13,15H2,1H3. The van der Waals surface area contributed by atoms with Crippen LogP contribution in [0.4, 0.5) is 0 Å². The predicted octanol–water partition coefficient (Wildman–Crippen LogP) is 5.66. The smallest absolute Gasteiger partial charge is 0.253 e. The van der Waals surface area contributed by atoms with Crippen LogP contribution < -0.4 is 4.74 Å². The lowest BCUT2D eigenvalue weighted by Crippen LogP contribution is -2.35. The first-order valence-electron chi connectivity index (χ1n) is 9.10. The SMILES string of the molecule is CCOc1ccc(C(=O)N2CCCCC2)cc1CSc1ccc(Cl)cc1. The molecule has 0 N–H and O–H groups in total. The molecule has 5 heteroatoms. The second kappa shape index (κ2) is 9.33. The summed E-state index contributed by atoms with van der Waals surface area (Å²) in [7, 11) is 0. The minimum absolute atomic E-state index is 0.130. The number of halogens is 1. The lowest BCUT2D eigenvalue weighted by Gasteiger charge is -2.27. The number of hydrogen-bond acceptors (Lipinski definition) is 3. The van der Waals surface area contributed by atoms with Gasteiger partial charge in [0.1, 0.15) is 5.75 Å². The van der Waals surface area contributed by atoms with Crippen molar-refractivity contribution in [3.05, 3.63) is 58.6 Å². The van der Waals surface area contributed by atoms with Crippen LogP contribution in [0.1, 0.15) is 42.1 Å². The molecule has 0 bridgehead atoms. The number of amides is 1. The topological polar surface area (TPSA) is 29.5 Å². The van der Waals surface area contributed by atoms with Crippen molar-refractivity contribution in [3.8, 4) is 5.75 Å². The van der Waals surface area contributed by atoms with Crippen LogP contribution in [-0.2, 0) is 5.75 Å². The Balaban J connectivity index is 1.76. The molecule has 138 valence electrons. The van der Waals surface area contributed by atoms with Gasteiger partial charge in [0, 0.05) is 39.9 Å². The van der Waals surface area contributed by atoms with Crippen molar-refractivity contribution >= 4 is 29.3 Å². The second-order valence-electron chi connectivity index (χ2n) is 6.35. The molecule has 0 unspecified atom stereocenters. The van der Waals surface area contributed by atoms with Crippen molar-refractivity contribution in [1.82, 2.24) is 4.90 Å². The zero-order valence-corrected chi connectivity index (χ0v) is 16.6. The Bertz CT molecular complexity index is 742. The van der Waals surface area contributed by atoms with E-state index in [-0.39, 0.29) is 5.91 Å². The molecule has 3 nitrogen and oxygen atoms in total. The average Bonchev–Trinajstić information content (AvgIpc) is 2.69. The van der Waals surface area contributed by atoms with E-state index in [4.69, 9.17) is 16.3 Å². The van der Waals surface area contributed by atoms with Crippen LogP contribution in [0.15, 0.2) is 47.4 Å². The van der Waals surface area contributed by atoms with Gasteiger partial charge in [0.2, 0.25) is 0 Å². The number of thioether (sulfide) groups is 1. The fourth-order valence-corrected chi connectivity index (χ4v) is 4.10. The molecule has 0 aliphatic carbocycles. The van der Waals surface area contributed by atoms with Gasteiger partial charge in [-0.1, -0.05) is 11.6 Å². The highest BCUT2D eigenvalue weighted by atomic mass is 35.5. The van der Waals surface area contributed by atoms with Crippen LogP contribution in [0, 0.1) is 0 Å². The van der Waals surface area contributed by atoms with Crippen molar-refractivity contribution < 1.29 is 9.53 Å². The number of nitrogens with zero attached hydrogens (tertiary/aromatic N) is 1. The van der Waals surface area contributed by atoms with Crippen LogP contribution >= 0.6 is 23.4 Å². The van der Waals surface area contributed by atoms with Gasteiger partial charge >= 0.3 is 0 Å². The molecule has 1 amide bonds. The molecule has 0 spiro atoms. The van der Waals surface area contributed by atoms with E-state index in [1.807, 2.05) is 54.3 Å². The van der Waals surface area contributed by atoms with Gasteiger partial charge in [0.15, 0.2) is 0 Å². The number of likely N-dealkylation sites (tertiary alicyclic amines) is 1. The van der Waals surface area contributed by atoms with Crippen molar-refractivity contribution in [1.29, 1.82) is 0 Å². The first kappa shape index (κ1) is 19.1. The molecule has 3 rings (SSSR count). The number of carbonyl (C=O) groups is 1. The van der Waals surface area contributed by atoms with E-state index in [9.17, 15) is 4.79 Å². The predicted molar refractivity (Wildman–Crippen MR) is 108 cm³/mol. The minimum Gasteiger partial charge on any atom is -0.494 e. The van der Waals surface area contributed by atoms with Crippen LogP contribution in [0.5, 0.6) is 5.75 Å². The van der Waals surface area contributed by atoms with E-state index in [2.05, 4.69) is 0 Å². The van der Waals surface area contributed by atoms with Gasteiger partial charge in [0.05, 0.1) is 6.61 Å². The van der Waals surface area contributed by atoms with E-state index >= 15 is 0 Å². The van der Waals surface area contributed by atoms with Gasteiger partial charge in [-0.25, -0.2) is 0 Å². The van der Waals surface area contributed by atoms with Gasteiger partial charge in [0.25, 0.3) is 5.91 Å². The summed E-state index contributed by atoms with van der Waals surface area (Å²) in [6.07, 6.45) is 3.42. The summed E-state index contributed by atoms with van der Waals surface area (Å²) < 4.78 is 5.77. The van der Waals surface area contributed by atoms with Crippen molar-refractivity contribution in [2.24, 2.45) is 0 Å². The first-order valence-corrected chi connectivity index (χ1v) is 10.5. The second-order valence-corrected chi connectivity index (χ2v) is 7.84. The molecule has 1 saturated heterocycles. The summed E-state index contributed by atoms with van der Waals surface area (Å²) in [5.74, 6) is 1.73. The summed E-state index contributed by atoms with van der Waals surface area (Å²) in [6.45, 7) is 4.31. The zero-order valence-electron chi connectivity index (χ0n) is 15.0. The van der Waals surface area contributed by atoms with Crippen LogP contribution in [-0.4, -0.2) is 30.5 Å². The Morgan fingerprint density at radius 3 is 2.54 bits per heavy atom. The summed E-state index contributed by atoms with van der Waals surface area (Å²) in [6, 6.07) is 13.6. The maximum absolute atomic E-state index is 12.8. The lowest BCUT2D eigenvalue weighted by atomic mass is 10.1. The van der Waals surface area contributed by atoms with Crippen molar-refractivity contribution in [2.75, 3.05) is 19.7 Å². The number of piperidine rings is 1. The third-order valence-electron chi connectivity index (χ3n) is 4.46.